The number of nitrogens with one attached hydrogen (secondary N) is 2. The Bertz CT molecular complexity index is 550. The van der Waals surface area contributed by atoms with Crippen LogP contribution >= 0.6 is 11.6 Å². The highest BCUT2D eigenvalue weighted by Crippen LogP contribution is 2.49. The maximum Gasteiger partial charge on any atom is 0.253 e. The summed E-state index contributed by atoms with van der Waals surface area (Å²) in [4.78, 5) is 16.3. The molecule has 2 aliphatic rings. The first-order valence-corrected chi connectivity index (χ1v) is 7.89. The van der Waals surface area contributed by atoms with Crippen LogP contribution in [0, 0.1) is 17.8 Å². The van der Waals surface area contributed by atoms with Gasteiger partial charge in [-0.25, -0.2) is 10.8 Å². The van der Waals surface area contributed by atoms with Gasteiger partial charge < -0.3 is 10.7 Å². The summed E-state index contributed by atoms with van der Waals surface area (Å²) in [6.07, 6.45) is 6.77. The summed E-state index contributed by atoms with van der Waals surface area (Å²) in [7, 11) is 0. The zero-order chi connectivity index (χ0) is 15.0. The summed E-state index contributed by atoms with van der Waals surface area (Å²) in [6.45, 7) is 2.11. The highest BCUT2D eigenvalue weighted by atomic mass is 35.5. The number of hydrazine groups is 1. The van der Waals surface area contributed by atoms with Crippen LogP contribution in [-0.2, 0) is 0 Å². The van der Waals surface area contributed by atoms with E-state index in [1.165, 1.54) is 31.9 Å². The van der Waals surface area contributed by atoms with E-state index >= 15 is 0 Å². The Balaban J connectivity index is 1.64. The van der Waals surface area contributed by atoms with Crippen molar-refractivity contribution in [1.82, 2.24) is 10.3 Å². The molecule has 2 bridgehead atoms. The monoisotopic (exact) mass is 308 g/mol. The molecule has 1 amide bonds. The molecule has 4 atom stereocenters. The Morgan fingerprint density at radius 3 is 2.86 bits per heavy atom. The van der Waals surface area contributed by atoms with Crippen LogP contribution in [0.2, 0.25) is 5.02 Å². The average Bonchev–Trinajstić information content (AvgIpc) is 3.09. The molecule has 0 spiro atoms. The smallest absolute Gasteiger partial charge is 0.253 e. The molecule has 1 aromatic heterocycles. The summed E-state index contributed by atoms with van der Waals surface area (Å²) >= 11 is 6.00. The molecule has 114 valence electrons. The highest BCUT2D eigenvalue weighted by molar-refractivity contribution is 6.33. The Morgan fingerprint density at radius 1 is 1.48 bits per heavy atom. The lowest BCUT2D eigenvalue weighted by Gasteiger charge is -2.28. The number of anilines is 1. The van der Waals surface area contributed by atoms with Gasteiger partial charge in [0.1, 0.15) is 0 Å². The van der Waals surface area contributed by atoms with E-state index in [-0.39, 0.29) is 11.9 Å². The lowest BCUT2D eigenvalue weighted by atomic mass is 9.84. The molecular formula is C15H21ClN4O. The van der Waals surface area contributed by atoms with Crippen LogP contribution < -0.4 is 16.6 Å². The normalized spacial score (nSPS) is 28.4. The number of carbonyl (C=O) groups is 1. The number of rotatable bonds is 4. The minimum Gasteiger partial charge on any atom is -0.349 e. The van der Waals surface area contributed by atoms with E-state index in [0.717, 1.165) is 11.8 Å². The van der Waals surface area contributed by atoms with Gasteiger partial charge in [-0.2, -0.15) is 0 Å². The van der Waals surface area contributed by atoms with Gasteiger partial charge in [-0.15, -0.1) is 0 Å². The molecule has 6 heteroatoms. The molecule has 21 heavy (non-hydrogen) atoms. The number of carbonyl (C=O) groups excluding carboxylic acids is 1. The molecule has 4 N–H and O–H groups in total. The molecular weight excluding hydrogens is 288 g/mol. The Kier molecular flexibility index (Phi) is 4.04. The number of nitrogen functional groups attached to an aromatic ring is 1. The van der Waals surface area contributed by atoms with Crippen LogP contribution in [0.4, 0.5) is 5.82 Å². The molecule has 4 unspecified atom stereocenters. The van der Waals surface area contributed by atoms with Crippen molar-refractivity contribution >= 4 is 23.3 Å². The molecule has 0 aliphatic heterocycles. The summed E-state index contributed by atoms with van der Waals surface area (Å²) in [6, 6.07) is 1.78. The van der Waals surface area contributed by atoms with Crippen LogP contribution in [0.15, 0.2) is 12.3 Å². The fraction of sp³-hybridized carbons (Fsp3) is 0.600. The second-order valence-corrected chi connectivity index (χ2v) is 6.71. The first-order chi connectivity index (χ1) is 10.1. The number of aromatic nitrogens is 1. The van der Waals surface area contributed by atoms with Gasteiger partial charge in [0.25, 0.3) is 5.91 Å². The van der Waals surface area contributed by atoms with Crippen molar-refractivity contribution in [2.24, 2.45) is 23.6 Å². The highest BCUT2D eigenvalue weighted by Gasteiger charge is 2.42. The van der Waals surface area contributed by atoms with Crippen molar-refractivity contribution in [2.45, 2.75) is 38.6 Å². The lowest BCUT2D eigenvalue weighted by Crippen LogP contribution is -2.40. The van der Waals surface area contributed by atoms with Crippen molar-refractivity contribution in [1.29, 1.82) is 0 Å². The summed E-state index contributed by atoms with van der Waals surface area (Å²) in [5.41, 5.74) is 2.86. The second kappa shape index (κ2) is 5.81. The van der Waals surface area contributed by atoms with Crippen molar-refractivity contribution in [3.63, 3.8) is 0 Å². The van der Waals surface area contributed by atoms with E-state index in [1.807, 2.05) is 0 Å². The van der Waals surface area contributed by atoms with Gasteiger partial charge in [-0.3, -0.25) is 4.79 Å². The molecule has 2 fully saturated rings. The summed E-state index contributed by atoms with van der Waals surface area (Å²) < 4.78 is 0. The van der Waals surface area contributed by atoms with Gasteiger partial charge in [0.15, 0.2) is 5.82 Å². The zero-order valence-corrected chi connectivity index (χ0v) is 12.9. The van der Waals surface area contributed by atoms with E-state index in [9.17, 15) is 4.79 Å². The maximum atomic E-state index is 12.3. The van der Waals surface area contributed by atoms with Crippen molar-refractivity contribution < 1.29 is 4.79 Å². The lowest BCUT2D eigenvalue weighted by molar-refractivity contribution is 0.0915. The Labute approximate surface area is 129 Å². The van der Waals surface area contributed by atoms with Gasteiger partial charge >= 0.3 is 0 Å². The van der Waals surface area contributed by atoms with E-state index < -0.39 is 0 Å². The van der Waals surface area contributed by atoms with Crippen molar-refractivity contribution in [3.8, 4) is 0 Å². The van der Waals surface area contributed by atoms with Crippen LogP contribution in [0.25, 0.3) is 0 Å². The molecule has 2 saturated carbocycles. The number of nitrogens with two attached hydrogens (primary N) is 1. The largest absolute Gasteiger partial charge is 0.349 e. The standard InChI is InChI=1S/C15H21ClN4O/c1-8(12-5-9-2-3-10(12)4-9)19-15(21)11-6-13(16)14(20-17)18-7-11/h6-10,12H,2-5,17H2,1H3,(H,18,20)(H,19,21). The third kappa shape index (κ3) is 2.85. The first-order valence-electron chi connectivity index (χ1n) is 7.51. The van der Waals surface area contributed by atoms with Crippen molar-refractivity contribution in [3.05, 3.63) is 22.8 Å². The molecule has 5 nitrogen and oxygen atoms in total. The van der Waals surface area contributed by atoms with Crippen molar-refractivity contribution in [2.75, 3.05) is 5.43 Å². The van der Waals surface area contributed by atoms with Crippen LogP contribution in [0.1, 0.15) is 43.0 Å². The second-order valence-electron chi connectivity index (χ2n) is 6.30. The minimum absolute atomic E-state index is 0.122. The molecule has 0 radical (unpaired) electrons. The van der Waals surface area contributed by atoms with Gasteiger partial charge in [-0.1, -0.05) is 18.0 Å². The van der Waals surface area contributed by atoms with Crippen LogP contribution in [0.5, 0.6) is 0 Å². The first kappa shape index (κ1) is 14.6. The average molecular weight is 309 g/mol. The van der Waals surface area contributed by atoms with Gasteiger partial charge in [0.05, 0.1) is 10.6 Å². The number of amides is 1. The minimum atomic E-state index is -0.122. The maximum absolute atomic E-state index is 12.3. The van der Waals surface area contributed by atoms with Crippen LogP contribution in [0.3, 0.4) is 0 Å². The van der Waals surface area contributed by atoms with Crippen LogP contribution in [-0.4, -0.2) is 16.9 Å². The molecule has 0 saturated heterocycles. The molecule has 2 aliphatic carbocycles. The van der Waals surface area contributed by atoms with E-state index in [0.29, 0.717) is 22.3 Å². The number of pyridine rings is 1. The molecule has 3 rings (SSSR count). The van der Waals surface area contributed by atoms with E-state index in [1.54, 1.807) is 6.07 Å². The summed E-state index contributed by atoms with van der Waals surface area (Å²) in [5.74, 6) is 7.81. The third-order valence-electron chi connectivity index (χ3n) is 5.03. The number of nitrogens with zero attached hydrogens (tertiary/aromatic N) is 1. The molecule has 1 heterocycles. The number of fused-ring (bicyclic) bond motifs is 2. The number of hydrogen-bond acceptors (Lipinski definition) is 4. The fourth-order valence-corrected chi connectivity index (χ4v) is 4.19. The Hall–Kier alpha value is -1.33. The van der Waals surface area contributed by atoms with Gasteiger partial charge in [0.2, 0.25) is 0 Å². The molecule has 1 aromatic rings. The number of hydrogen-bond donors (Lipinski definition) is 3. The van der Waals surface area contributed by atoms with E-state index in [4.69, 9.17) is 17.4 Å². The number of halogens is 1. The van der Waals surface area contributed by atoms with Gasteiger partial charge in [0, 0.05) is 12.2 Å². The third-order valence-corrected chi connectivity index (χ3v) is 5.32. The predicted molar refractivity (Wildman–Crippen MR) is 82.9 cm³/mol. The quantitative estimate of drug-likeness (QED) is 0.590. The summed E-state index contributed by atoms with van der Waals surface area (Å²) in [5, 5.41) is 3.44. The Morgan fingerprint density at radius 2 is 2.29 bits per heavy atom. The van der Waals surface area contributed by atoms with E-state index in [2.05, 4.69) is 22.7 Å². The van der Waals surface area contributed by atoms with Gasteiger partial charge in [-0.05, 0) is 50.0 Å². The zero-order valence-electron chi connectivity index (χ0n) is 12.1. The SMILES string of the molecule is CC(NC(=O)c1cnc(NN)c(Cl)c1)C1CC2CCC1C2. The topological polar surface area (TPSA) is 80.0 Å². The fourth-order valence-electron chi connectivity index (χ4n) is 3.97. The molecule has 0 aromatic carbocycles. The predicted octanol–water partition coefficient (Wildman–Crippen LogP) is 2.58.